The fourth-order valence-corrected chi connectivity index (χ4v) is 3.52. The van der Waals surface area contributed by atoms with Crippen molar-refractivity contribution in [3.05, 3.63) is 29.8 Å². The molecule has 1 aromatic rings. The summed E-state index contributed by atoms with van der Waals surface area (Å²) >= 11 is 1.85. The fourth-order valence-electron chi connectivity index (χ4n) is 2.95. The van der Waals surface area contributed by atoms with Crippen molar-refractivity contribution in [2.24, 2.45) is 0 Å². The second kappa shape index (κ2) is 9.94. The molecule has 5 heteroatoms. The van der Waals surface area contributed by atoms with Crippen LogP contribution in [-0.4, -0.2) is 55.5 Å². The van der Waals surface area contributed by atoms with Crippen LogP contribution >= 0.6 is 11.8 Å². The molecule has 0 spiro atoms. The van der Waals surface area contributed by atoms with E-state index in [1.54, 1.807) is 0 Å². The van der Waals surface area contributed by atoms with Gasteiger partial charge in [-0.25, -0.2) is 0 Å². The second-order valence-corrected chi connectivity index (χ2v) is 7.67. The zero-order valence-electron chi connectivity index (χ0n) is 15.3. The van der Waals surface area contributed by atoms with Crippen LogP contribution < -0.4 is 10.2 Å². The van der Waals surface area contributed by atoms with E-state index >= 15 is 0 Å². The lowest BCUT2D eigenvalue weighted by atomic mass is 10.2. The van der Waals surface area contributed by atoms with Crippen molar-refractivity contribution in [2.45, 2.75) is 38.8 Å². The largest absolute Gasteiger partial charge is 0.372 e. The first kappa shape index (κ1) is 19.1. The Balaban J connectivity index is 1.73. The van der Waals surface area contributed by atoms with Gasteiger partial charge >= 0.3 is 0 Å². The van der Waals surface area contributed by atoms with Crippen molar-refractivity contribution in [1.82, 2.24) is 10.2 Å². The quantitative estimate of drug-likeness (QED) is 0.743. The van der Waals surface area contributed by atoms with Crippen LogP contribution in [0.5, 0.6) is 0 Å². The van der Waals surface area contributed by atoms with Crippen LogP contribution in [0.2, 0.25) is 0 Å². The second-order valence-electron chi connectivity index (χ2n) is 6.68. The lowest BCUT2D eigenvalue weighted by Gasteiger charge is -2.23. The average Bonchev–Trinajstić information content (AvgIpc) is 3.12. The van der Waals surface area contributed by atoms with Crippen LogP contribution in [0.25, 0.3) is 0 Å². The van der Waals surface area contributed by atoms with E-state index in [0.29, 0.717) is 19.1 Å². The minimum absolute atomic E-state index is 0.0946. The lowest BCUT2D eigenvalue weighted by Crippen LogP contribution is -2.39. The Bertz CT molecular complexity index is 500. The molecule has 1 aliphatic rings. The first-order valence-corrected chi connectivity index (χ1v) is 10.3. The highest BCUT2D eigenvalue weighted by molar-refractivity contribution is 7.98. The summed E-state index contributed by atoms with van der Waals surface area (Å²) in [5, 5.41) is 3.03. The number of likely N-dealkylation sites (N-methyl/N-ethyl adjacent to an activating group) is 1. The molecule has 2 rings (SSSR count). The minimum Gasteiger partial charge on any atom is -0.372 e. The van der Waals surface area contributed by atoms with E-state index in [1.807, 2.05) is 18.8 Å². The maximum Gasteiger partial charge on any atom is 0.234 e. The Hall–Kier alpha value is -1.20. The standard InChI is InChI=1S/C19H31N3OS/c1-16(10-13-24-3)21(2)15-19(23)20-14-17-6-8-18(9-7-17)22-11-4-5-12-22/h6-9,16H,4-5,10-15H2,1-3H3,(H,20,23)/t16-/m1/s1. The average molecular weight is 350 g/mol. The number of carbonyl (C=O) groups is 1. The predicted octanol–water partition coefficient (Wildman–Crippen LogP) is 2.98. The van der Waals surface area contributed by atoms with E-state index in [-0.39, 0.29) is 5.91 Å². The topological polar surface area (TPSA) is 35.6 Å². The Kier molecular flexibility index (Phi) is 7.92. The summed E-state index contributed by atoms with van der Waals surface area (Å²) < 4.78 is 0. The highest BCUT2D eigenvalue weighted by atomic mass is 32.2. The summed E-state index contributed by atoms with van der Waals surface area (Å²) in [6.07, 6.45) is 5.82. The van der Waals surface area contributed by atoms with E-state index in [2.05, 4.69) is 52.6 Å². The van der Waals surface area contributed by atoms with Crippen LogP contribution in [-0.2, 0) is 11.3 Å². The number of hydrogen-bond acceptors (Lipinski definition) is 4. The van der Waals surface area contributed by atoms with E-state index in [0.717, 1.165) is 30.8 Å². The third-order valence-electron chi connectivity index (χ3n) is 4.78. The molecule has 1 N–H and O–H groups in total. The number of anilines is 1. The molecular weight excluding hydrogens is 318 g/mol. The van der Waals surface area contributed by atoms with Gasteiger partial charge < -0.3 is 10.2 Å². The number of amides is 1. The van der Waals surface area contributed by atoms with E-state index in [1.165, 1.54) is 18.5 Å². The van der Waals surface area contributed by atoms with Gasteiger partial charge in [-0.05, 0) is 62.9 Å². The molecule has 24 heavy (non-hydrogen) atoms. The molecule has 0 bridgehead atoms. The molecule has 0 radical (unpaired) electrons. The van der Waals surface area contributed by atoms with Gasteiger partial charge in [-0.15, -0.1) is 0 Å². The maximum atomic E-state index is 12.1. The normalized spacial score (nSPS) is 15.8. The summed E-state index contributed by atoms with van der Waals surface area (Å²) in [7, 11) is 2.02. The minimum atomic E-state index is 0.0946. The van der Waals surface area contributed by atoms with Crippen LogP contribution in [0.3, 0.4) is 0 Å². The molecule has 1 atom stereocenters. The Morgan fingerprint density at radius 1 is 1.29 bits per heavy atom. The number of nitrogens with one attached hydrogen (secondary N) is 1. The van der Waals surface area contributed by atoms with Gasteiger partial charge in [0, 0.05) is 31.4 Å². The predicted molar refractivity (Wildman–Crippen MR) is 105 cm³/mol. The van der Waals surface area contributed by atoms with Gasteiger partial charge in [-0.1, -0.05) is 12.1 Å². The fraction of sp³-hybridized carbons (Fsp3) is 0.632. The van der Waals surface area contributed by atoms with Gasteiger partial charge in [0.1, 0.15) is 0 Å². The first-order valence-electron chi connectivity index (χ1n) is 8.90. The van der Waals surface area contributed by atoms with Crippen molar-refractivity contribution < 1.29 is 4.79 Å². The zero-order chi connectivity index (χ0) is 17.4. The van der Waals surface area contributed by atoms with E-state index in [4.69, 9.17) is 0 Å². The highest BCUT2D eigenvalue weighted by Crippen LogP contribution is 2.20. The maximum absolute atomic E-state index is 12.1. The van der Waals surface area contributed by atoms with Crippen molar-refractivity contribution >= 4 is 23.4 Å². The number of carbonyl (C=O) groups excluding carboxylic acids is 1. The summed E-state index contributed by atoms with van der Waals surface area (Å²) in [6, 6.07) is 9.02. The van der Waals surface area contributed by atoms with Gasteiger partial charge in [-0.3, -0.25) is 9.69 Å². The monoisotopic (exact) mass is 349 g/mol. The third-order valence-corrected chi connectivity index (χ3v) is 5.43. The Morgan fingerprint density at radius 3 is 2.58 bits per heavy atom. The molecular formula is C19H31N3OS. The highest BCUT2D eigenvalue weighted by Gasteiger charge is 2.13. The van der Waals surface area contributed by atoms with E-state index < -0.39 is 0 Å². The third kappa shape index (κ3) is 6.02. The number of benzene rings is 1. The van der Waals surface area contributed by atoms with Crippen molar-refractivity contribution in [3.8, 4) is 0 Å². The van der Waals surface area contributed by atoms with Crippen LogP contribution in [0, 0.1) is 0 Å². The van der Waals surface area contributed by atoms with Gasteiger partial charge in [-0.2, -0.15) is 11.8 Å². The summed E-state index contributed by atoms with van der Waals surface area (Å²) in [4.78, 5) is 16.7. The van der Waals surface area contributed by atoms with Crippen LogP contribution in [0.1, 0.15) is 31.7 Å². The molecule has 0 aromatic heterocycles. The number of rotatable bonds is 9. The molecule has 1 aliphatic heterocycles. The number of nitrogens with zero attached hydrogens (tertiary/aromatic N) is 2. The number of thioether (sulfide) groups is 1. The molecule has 1 saturated heterocycles. The van der Waals surface area contributed by atoms with Crippen molar-refractivity contribution in [2.75, 3.05) is 43.6 Å². The Labute approximate surface area is 151 Å². The Morgan fingerprint density at radius 2 is 1.96 bits per heavy atom. The molecule has 1 fully saturated rings. The van der Waals surface area contributed by atoms with Crippen LogP contribution in [0.15, 0.2) is 24.3 Å². The van der Waals surface area contributed by atoms with E-state index in [9.17, 15) is 4.79 Å². The summed E-state index contributed by atoms with van der Waals surface area (Å²) in [5.41, 5.74) is 2.45. The lowest BCUT2D eigenvalue weighted by molar-refractivity contribution is -0.122. The van der Waals surface area contributed by atoms with Gasteiger partial charge in [0.15, 0.2) is 0 Å². The van der Waals surface area contributed by atoms with Gasteiger partial charge in [0.05, 0.1) is 6.54 Å². The summed E-state index contributed by atoms with van der Waals surface area (Å²) in [6.45, 7) is 5.57. The molecule has 4 nitrogen and oxygen atoms in total. The molecule has 0 unspecified atom stereocenters. The molecule has 0 aliphatic carbocycles. The number of hydrogen-bond donors (Lipinski definition) is 1. The SMILES string of the molecule is CSCC[C@@H](C)N(C)CC(=O)NCc1ccc(N2CCCC2)cc1. The summed E-state index contributed by atoms with van der Waals surface area (Å²) in [5.74, 6) is 1.23. The van der Waals surface area contributed by atoms with Gasteiger partial charge in [0.25, 0.3) is 0 Å². The van der Waals surface area contributed by atoms with Crippen molar-refractivity contribution in [1.29, 1.82) is 0 Å². The molecule has 0 saturated carbocycles. The first-order chi connectivity index (χ1) is 11.6. The van der Waals surface area contributed by atoms with Crippen molar-refractivity contribution in [3.63, 3.8) is 0 Å². The molecule has 134 valence electrons. The van der Waals surface area contributed by atoms with Crippen LogP contribution in [0.4, 0.5) is 5.69 Å². The molecule has 1 aromatic carbocycles. The molecule has 1 amide bonds. The smallest absolute Gasteiger partial charge is 0.234 e. The van der Waals surface area contributed by atoms with Gasteiger partial charge in [0.2, 0.25) is 5.91 Å². The molecule has 1 heterocycles. The zero-order valence-corrected chi connectivity index (χ0v) is 16.1.